The third kappa shape index (κ3) is 3.23. The highest BCUT2D eigenvalue weighted by atomic mass is 16.6. The summed E-state index contributed by atoms with van der Waals surface area (Å²) in [4.78, 5) is 19.6. The number of hydrogen-bond donors (Lipinski definition) is 1. The van der Waals surface area contributed by atoms with Crippen LogP contribution in [-0.4, -0.2) is 16.1 Å². The van der Waals surface area contributed by atoms with E-state index >= 15 is 0 Å². The first-order chi connectivity index (χ1) is 9.32. The molecule has 0 unspecified atom stereocenters. The van der Waals surface area contributed by atoms with Gasteiger partial charge in [-0.2, -0.15) is 5.10 Å². The van der Waals surface area contributed by atoms with Gasteiger partial charge in [0.2, 0.25) is 0 Å². The van der Waals surface area contributed by atoms with E-state index in [0.717, 1.165) is 0 Å². The maximum atomic E-state index is 10.9. The van der Waals surface area contributed by atoms with E-state index in [2.05, 4.69) is 10.5 Å². The summed E-state index contributed by atoms with van der Waals surface area (Å²) in [5, 5.41) is 25.3. The summed E-state index contributed by atoms with van der Waals surface area (Å²) in [6, 6.07) is -2.66. The predicted molar refractivity (Wildman–Crippen MR) is 62.2 cm³/mol. The lowest BCUT2D eigenvalue weighted by Gasteiger charge is -2.01. The monoisotopic (exact) mass is 241 g/mol. The Hall–Kier alpha value is -2.51. The molecule has 0 saturated heterocycles. The number of anilines is 1. The van der Waals surface area contributed by atoms with Crippen LogP contribution in [0.4, 0.5) is 17.1 Å². The van der Waals surface area contributed by atoms with Crippen molar-refractivity contribution in [2.24, 2.45) is 5.10 Å². The van der Waals surface area contributed by atoms with Gasteiger partial charge in [-0.3, -0.25) is 25.7 Å². The number of nitro benzene ring substituents is 2. The third-order valence-electron chi connectivity index (χ3n) is 1.59. The molecule has 0 bridgehead atoms. The third-order valence-corrected chi connectivity index (χ3v) is 1.59. The molecule has 0 aliphatic carbocycles. The van der Waals surface area contributed by atoms with Crippen LogP contribution < -0.4 is 5.43 Å². The molecule has 8 heteroatoms. The van der Waals surface area contributed by atoms with Crippen LogP contribution in [0.3, 0.4) is 0 Å². The molecule has 1 aromatic carbocycles. The summed E-state index contributed by atoms with van der Waals surface area (Å²) >= 11 is 0. The average molecular weight is 241 g/mol. The van der Waals surface area contributed by atoms with Gasteiger partial charge in [-0.1, -0.05) is 6.92 Å². The lowest BCUT2D eigenvalue weighted by Crippen LogP contribution is -1.98. The van der Waals surface area contributed by atoms with E-state index in [0.29, 0.717) is 6.42 Å². The van der Waals surface area contributed by atoms with Gasteiger partial charge in [-0.15, -0.1) is 0 Å². The molecule has 1 N–H and O–H groups in total. The quantitative estimate of drug-likeness (QED) is 0.483. The van der Waals surface area contributed by atoms with Gasteiger partial charge < -0.3 is 0 Å². The number of hydrazone groups is 1. The van der Waals surface area contributed by atoms with Crippen molar-refractivity contribution < 1.29 is 14.0 Å². The minimum Gasteiger partial charge on any atom is -0.272 e. The number of rotatable bonds is 5. The molecule has 0 fully saturated rings. The lowest BCUT2D eigenvalue weighted by atomic mass is 10.2. The largest absolute Gasteiger partial charge is 0.301 e. The molecule has 90 valence electrons. The first kappa shape index (κ1) is 8.62. The van der Waals surface area contributed by atoms with E-state index < -0.39 is 45.0 Å². The summed E-state index contributed by atoms with van der Waals surface area (Å²) in [5.41, 5.74) is -0.354. The molecule has 0 amide bonds. The Morgan fingerprint density at radius 1 is 1.47 bits per heavy atom. The van der Waals surface area contributed by atoms with Crippen molar-refractivity contribution in [2.45, 2.75) is 13.3 Å². The first-order valence-electron chi connectivity index (χ1n) is 6.02. The van der Waals surface area contributed by atoms with Crippen LogP contribution in [0.2, 0.25) is 0 Å². The van der Waals surface area contributed by atoms with Crippen LogP contribution in [0.5, 0.6) is 0 Å². The Labute approximate surface area is 100 Å². The number of benzene rings is 1. The minimum absolute atomic E-state index is 0.514. The van der Waals surface area contributed by atoms with Crippen LogP contribution in [0.25, 0.3) is 0 Å². The molecule has 0 heterocycles. The van der Waals surface area contributed by atoms with Gasteiger partial charge in [0, 0.05) is 12.3 Å². The second-order valence-electron chi connectivity index (χ2n) is 2.79. The highest BCUT2D eigenvalue weighted by molar-refractivity contribution is 5.67. The molecule has 0 atom stereocenters. The average Bonchev–Trinajstić information content (AvgIpc) is 2.34. The zero-order valence-electron chi connectivity index (χ0n) is 11.8. The molecule has 17 heavy (non-hydrogen) atoms. The Balaban J connectivity index is 3.62. The summed E-state index contributed by atoms with van der Waals surface area (Å²) in [5.74, 6) is 0. The van der Waals surface area contributed by atoms with Gasteiger partial charge in [0.1, 0.15) is 5.69 Å². The Morgan fingerprint density at radius 2 is 2.18 bits per heavy atom. The van der Waals surface area contributed by atoms with E-state index in [9.17, 15) is 20.2 Å². The van der Waals surface area contributed by atoms with Crippen molar-refractivity contribution in [1.29, 1.82) is 0 Å². The molecular weight excluding hydrogens is 228 g/mol. The molecule has 1 rings (SSSR count). The van der Waals surface area contributed by atoms with Crippen molar-refractivity contribution in [3.63, 3.8) is 0 Å². The van der Waals surface area contributed by atoms with Gasteiger partial charge in [0.25, 0.3) is 5.69 Å². The Morgan fingerprint density at radius 3 is 2.71 bits per heavy atom. The molecule has 1 aromatic rings. The zero-order valence-corrected chi connectivity index (χ0v) is 8.76. The van der Waals surface area contributed by atoms with Gasteiger partial charge in [-0.25, -0.2) is 0 Å². The fourth-order valence-electron chi connectivity index (χ4n) is 0.897. The fraction of sp³-hybridized carbons (Fsp3) is 0.222. The second-order valence-corrected chi connectivity index (χ2v) is 2.79. The molecule has 0 spiro atoms. The van der Waals surface area contributed by atoms with E-state index in [4.69, 9.17) is 4.11 Å². The smallest absolute Gasteiger partial charge is 0.272 e. The van der Waals surface area contributed by atoms with Gasteiger partial charge in [0.05, 0.1) is 20.0 Å². The molecule has 8 nitrogen and oxygen atoms in total. The maximum Gasteiger partial charge on any atom is 0.301 e. The Kier molecular flexibility index (Phi) is 2.81. The summed E-state index contributed by atoms with van der Waals surface area (Å²) in [6.07, 6.45) is 1.88. The standard InChI is InChI=1S/C9H10N4O4/c1-2-5-10-11-8-4-3-7(12(14)15)6-9(8)13(16)17/h3-6,11H,2H2,1H3/i3D,4D,6D. The fourth-order valence-corrected chi connectivity index (χ4v) is 0.897. The van der Waals surface area contributed by atoms with Crippen LogP contribution in [0.15, 0.2) is 23.2 Å². The summed E-state index contributed by atoms with van der Waals surface area (Å²) in [6.45, 7) is 1.75. The van der Waals surface area contributed by atoms with Crippen molar-refractivity contribution in [1.82, 2.24) is 0 Å². The number of nitro groups is 2. The van der Waals surface area contributed by atoms with E-state index in [1.807, 2.05) is 0 Å². The molecule has 0 aromatic heterocycles. The van der Waals surface area contributed by atoms with Gasteiger partial charge in [0.15, 0.2) is 0 Å². The van der Waals surface area contributed by atoms with Crippen LogP contribution in [-0.2, 0) is 0 Å². The molecule has 0 saturated carbocycles. The topological polar surface area (TPSA) is 111 Å². The van der Waals surface area contributed by atoms with Crippen molar-refractivity contribution in [3.8, 4) is 0 Å². The van der Waals surface area contributed by atoms with E-state index in [1.54, 1.807) is 6.92 Å². The molecule has 0 aliphatic rings. The molecule has 0 radical (unpaired) electrons. The van der Waals surface area contributed by atoms with Crippen LogP contribution in [0, 0.1) is 20.2 Å². The van der Waals surface area contributed by atoms with Crippen molar-refractivity contribution >= 4 is 23.3 Å². The minimum atomic E-state index is -1.09. The van der Waals surface area contributed by atoms with E-state index in [1.165, 1.54) is 6.21 Å². The second kappa shape index (κ2) is 5.54. The molecule has 0 aliphatic heterocycles. The normalized spacial score (nSPS) is 12.9. The summed E-state index contributed by atoms with van der Waals surface area (Å²) in [7, 11) is 0. The maximum absolute atomic E-state index is 10.9. The van der Waals surface area contributed by atoms with Gasteiger partial charge >= 0.3 is 5.69 Å². The first-order valence-corrected chi connectivity index (χ1v) is 4.52. The SMILES string of the molecule is [2H]c1c([2H])c([N+](=O)[O-])c([2H])c([N+](=O)[O-])c1NN=CCC. The van der Waals surface area contributed by atoms with Gasteiger partial charge in [-0.05, 0) is 12.5 Å². The predicted octanol–water partition coefficient (Wildman–Crippen LogP) is 2.31. The van der Waals surface area contributed by atoms with E-state index in [-0.39, 0.29) is 0 Å². The summed E-state index contributed by atoms with van der Waals surface area (Å²) < 4.78 is 22.5. The number of nitrogens with one attached hydrogen (secondary N) is 1. The lowest BCUT2D eigenvalue weighted by molar-refractivity contribution is -0.393. The zero-order chi connectivity index (χ0) is 15.4. The van der Waals surface area contributed by atoms with Crippen molar-refractivity contribution in [3.05, 3.63) is 38.4 Å². The van der Waals surface area contributed by atoms with Crippen LogP contribution >= 0.6 is 0 Å². The molecular formula is C9H10N4O4. The highest BCUT2D eigenvalue weighted by Gasteiger charge is 2.18. The number of hydrogen-bond acceptors (Lipinski definition) is 6. The highest BCUT2D eigenvalue weighted by Crippen LogP contribution is 2.28. The Bertz CT molecular complexity index is 606. The van der Waals surface area contributed by atoms with Crippen molar-refractivity contribution in [2.75, 3.05) is 5.43 Å². The van der Waals surface area contributed by atoms with Crippen LogP contribution in [0.1, 0.15) is 17.5 Å². The number of nitrogens with zero attached hydrogens (tertiary/aromatic N) is 3.